The molecule has 4 heteroatoms. The summed E-state index contributed by atoms with van der Waals surface area (Å²) in [7, 11) is 0. The van der Waals surface area contributed by atoms with Crippen molar-refractivity contribution in [2.45, 2.75) is 9.79 Å². The number of benzene rings is 1. The molecule has 2 aromatic rings. The molecule has 0 radical (unpaired) electrons. The number of thiol groups is 1. The number of fused-ring (bicyclic) bond motifs is 1. The van der Waals surface area contributed by atoms with E-state index in [0.29, 0.717) is 0 Å². The molecule has 0 aliphatic carbocycles. The van der Waals surface area contributed by atoms with Gasteiger partial charge in [-0.1, -0.05) is 0 Å². The molecular weight excluding hydrogens is 331 g/mol. The van der Waals surface area contributed by atoms with Crippen LogP contribution in [0.25, 0.3) is 10.1 Å². The van der Waals surface area contributed by atoms with Crippen LogP contribution in [0.5, 0.6) is 0 Å². The van der Waals surface area contributed by atoms with Crippen LogP contribution in [-0.4, -0.2) is 6.26 Å². The molecule has 0 saturated heterocycles. The Kier molecular flexibility index (Phi) is 3.12. The van der Waals surface area contributed by atoms with Crippen molar-refractivity contribution in [3.05, 3.63) is 21.1 Å². The van der Waals surface area contributed by atoms with Crippen LogP contribution in [0, 0.1) is 3.57 Å². The van der Waals surface area contributed by atoms with E-state index in [0.717, 1.165) is 4.90 Å². The predicted octanol–water partition coefficient (Wildman–Crippen LogP) is 4.52. The van der Waals surface area contributed by atoms with E-state index in [2.05, 4.69) is 59.0 Å². The molecule has 0 bridgehead atoms. The molecule has 0 unspecified atom stereocenters. The van der Waals surface area contributed by atoms with E-state index in [1.54, 1.807) is 23.1 Å². The zero-order valence-electron chi connectivity index (χ0n) is 6.87. The van der Waals surface area contributed by atoms with Crippen LogP contribution in [0.4, 0.5) is 0 Å². The number of hydrogen-bond acceptors (Lipinski definition) is 3. The molecule has 0 saturated carbocycles. The van der Waals surface area contributed by atoms with Crippen LogP contribution in [0.15, 0.2) is 27.3 Å². The van der Waals surface area contributed by atoms with Gasteiger partial charge in [0.05, 0.1) is 0 Å². The Morgan fingerprint density at radius 3 is 2.92 bits per heavy atom. The molecule has 0 atom stereocenters. The predicted molar refractivity (Wildman–Crippen MR) is 73.6 cm³/mol. The van der Waals surface area contributed by atoms with Crippen molar-refractivity contribution in [2.24, 2.45) is 0 Å². The molecule has 0 nitrogen and oxygen atoms in total. The summed E-state index contributed by atoms with van der Waals surface area (Å²) in [5, 5.41) is 3.51. The lowest BCUT2D eigenvalue weighted by Crippen LogP contribution is -1.74. The number of thiophene rings is 1. The van der Waals surface area contributed by atoms with Crippen molar-refractivity contribution >= 4 is 68.4 Å². The third-order valence-electron chi connectivity index (χ3n) is 1.81. The van der Waals surface area contributed by atoms with Gasteiger partial charge in [-0.3, -0.25) is 0 Å². The molecule has 0 amide bonds. The quantitative estimate of drug-likeness (QED) is 0.453. The summed E-state index contributed by atoms with van der Waals surface area (Å²) in [5.74, 6) is 0. The van der Waals surface area contributed by atoms with Crippen LogP contribution in [0.2, 0.25) is 0 Å². The Morgan fingerprint density at radius 1 is 1.46 bits per heavy atom. The van der Waals surface area contributed by atoms with E-state index < -0.39 is 0 Å². The highest BCUT2D eigenvalue weighted by Gasteiger charge is 2.06. The van der Waals surface area contributed by atoms with Crippen molar-refractivity contribution in [3.8, 4) is 0 Å². The van der Waals surface area contributed by atoms with Gasteiger partial charge in [0, 0.05) is 28.8 Å². The highest BCUT2D eigenvalue weighted by atomic mass is 127. The summed E-state index contributed by atoms with van der Waals surface area (Å²) in [6.45, 7) is 0. The number of thioether (sulfide) groups is 1. The van der Waals surface area contributed by atoms with E-state index in [4.69, 9.17) is 0 Å². The van der Waals surface area contributed by atoms with E-state index in [-0.39, 0.29) is 0 Å². The van der Waals surface area contributed by atoms with Crippen molar-refractivity contribution < 1.29 is 0 Å². The second-order valence-corrected chi connectivity index (χ2v) is 6.09. The van der Waals surface area contributed by atoms with E-state index >= 15 is 0 Å². The molecular formula is C9H7IS3. The van der Waals surface area contributed by atoms with Crippen LogP contribution >= 0.6 is 58.3 Å². The summed E-state index contributed by atoms with van der Waals surface area (Å²) >= 11 is 10.4. The smallest absolute Gasteiger partial charge is 0.0376 e. The second-order valence-electron chi connectivity index (χ2n) is 2.60. The van der Waals surface area contributed by atoms with Gasteiger partial charge in [0.15, 0.2) is 0 Å². The van der Waals surface area contributed by atoms with Gasteiger partial charge in [-0.05, 0) is 41.0 Å². The zero-order valence-corrected chi connectivity index (χ0v) is 11.6. The molecule has 68 valence electrons. The van der Waals surface area contributed by atoms with Gasteiger partial charge in [0.1, 0.15) is 0 Å². The SMILES string of the molecule is CSc1csc2cc(I)cc(S)c12. The zero-order chi connectivity index (χ0) is 9.42. The largest absolute Gasteiger partial charge is 0.143 e. The summed E-state index contributed by atoms with van der Waals surface area (Å²) in [6, 6.07) is 4.32. The van der Waals surface area contributed by atoms with Gasteiger partial charge in [0.25, 0.3) is 0 Å². The van der Waals surface area contributed by atoms with Crippen molar-refractivity contribution in [2.75, 3.05) is 6.26 Å². The lowest BCUT2D eigenvalue weighted by Gasteiger charge is -1.99. The Balaban J connectivity index is 2.82. The minimum atomic E-state index is 1.09. The van der Waals surface area contributed by atoms with Crippen molar-refractivity contribution in [1.82, 2.24) is 0 Å². The lowest BCUT2D eigenvalue weighted by molar-refractivity contribution is 1.49. The van der Waals surface area contributed by atoms with Crippen molar-refractivity contribution in [1.29, 1.82) is 0 Å². The second kappa shape index (κ2) is 4.00. The van der Waals surface area contributed by atoms with E-state index in [1.165, 1.54) is 18.6 Å². The average Bonchev–Trinajstić information content (AvgIpc) is 2.47. The third kappa shape index (κ3) is 1.86. The fraction of sp³-hybridized carbons (Fsp3) is 0.111. The maximum atomic E-state index is 4.50. The third-order valence-corrected chi connectivity index (χ3v) is 4.62. The Labute approximate surface area is 105 Å². The van der Waals surface area contributed by atoms with E-state index in [1.807, 2.05) is 0 Å². The monoisotopic (exact) mass is 338 g/mol. The summed E-state index contributed by atoms with van der Waals surface area (Å²) in [5.41, 5.74) is 0. The topological polar surface area (TPSA) is 0 Å². The van der Waals surface area contributed by atoms with Crippen LogP contribution in [-0.2, 0) is 0 Å². The standard InChI is InChI=1S/C9H7IS3/c1-12-8-4-13-7-3-5(10)2-6(11)9(7)8/h2-4,11H,1H3. The van der Waals surface area contributed by atoms with Crippen LogP contribution in [0.1, 0.15) is 0 Å². The first kappa shape index (κ1) is 10.1. The molecule has 0 fully saturated rings. The molecule has 1 aromatic carbocycles. The Bertz CT molecular complexity index is 447. The normalized spacial score (nSPS) is 11.0. The number of rotatable bonds is 1. The maximum Gasteiger partial charge on any atom is 0.0376 e. The van der Waals surface area contributed by atoms with E-state index in [9.17, 15) is 0 Å². The van der Waals surface area contributed by atoms with Crippen molar-refractivity contribution in [3.63, 3.8) is 0 Å². The molecule has 13 heavy (non-hydrogen) atoms. The minimum Gasteiger partial charge on any atom is -0.143 e. The Hall–Kier alpha value is 0.610. The van der Waals surface area contributed by atoms with Gasteiger partial charge in [0.2, 0.25) is 0 Å². The summed E-state index contributed by atoms with van der Waals surface area (Å²) in [6.07, 6.45) is 2.10. The molecule has 0 aliphatic heterocycles. The minimum absolute atomic E-state index is 1.09. The first-order valence-corrected chi connectivity index (χ1v) is 7.29. The lowest BCUT2D eigenvalue weighted by atomic mass is 10.3. The average molecular weight is 338 g/mol. The van der Waals surface area contributed by atoms with Crippen LogP contribution in [0.3, 0.4) is 0 Å². The molecule has 1 heterocycles. The molecule has 0 spiro atoms. The fourth-order valence-electron chi connectivity index (χ4n) is 1.23. The van der Waals surface area contributed by atoms with Gasteiger partial charge >= 0.3 is 0 Å². The maximum absolute atomic E-state index is 4.50. The highest BCUT2D eigenvalue weighted by molar-refractivity contribution is 14.1. The van der Waals surface area contributed by atoms with Gasteiger partial charge in [-0.2, -0.15) is 0 Å². The summed E-state index contributed by atoms with van der Waals surface area (Å²) < 4.78 is 2.59. The molecule has 0 aliphatic rings. The van der Waals surface area contributed by atoms with Gasteiger partial charge in [-0.25, -0.2) is 0 Å². The summed E-state index contributed by atoms with van der Waals surface area (Å²) in [4.78, 5) is 2.42. The number of halogens is 1. The fourth-order valence-corrected chi connectivity index (χ4v) is 4.75. The number of hydrogen-bond donors (Lipinski definition) is 1. The first-order chi connectivity index (χ1) is 6.22. The van der Waals surface area contributed by atoms with Crippen LogP contribution < -0.4 is 0 Å². The first-order valence-electron chi connectivity index (χ1n) is 3.66. The molecule has 2 rings (SSSR count). The highest BCUT2D eigenvalue weighted by Crippen LogP contribution is 2.37. The molecule has 0 N–H and O–H groups in total. The van der Waals surface area contributed by atoms with Gasteiger partial charge in [-0.15, -0.1) is 35.7 Å². The molecule has 1 aromatic heterocycles. The Morgan fingerprint density at radius 2 is 2.23 bits per heavy atom. The van der Waals surface area contributed by atoms with Gasteiger partial charge < -0.3 is 0 Å².